The summed E-state index contributed by atoms with van der Waals surface area (Å²) in [5.74, 6) is 0.680. The highest BCUT2D eigenvalue weighted by Crippen LogP contribution is 2.23. The number of nitrogens with zero attached hydrogens (tertiary/aromatic N) is 4. The summed E-state index contributed by atoms with van der Waals surface area (Å²) in [5.41, 5.74) is 1.15. The molecule has 0 saturated heterocycles. The van der Waals surface area contributed by atoms with E-state index in [-0.39, 0.29) is 33.9 Å². The zero-order valence-corrected chi connectivity index (χ0v) is 24.3. The van der Waals surface area contributed by atoms with Crippen LogP contribution in [0.3, 0.4) is 0 Å². The Morgan fingerprint density at radius 1 is 0.975 bits per heavy atom. The van der Waals surface area contributed by atoms with Crippen molar-refractivity contribution in [2.45, 2.75) is 81.9 Å². The molecule has 1 aliphatic carbocycles. The van der Waals surface area contributed by atoms with Crippen LogP contribution >= 0.6 is 11.6 Å². The van der Waals surface area contributed by atoms with Gasteiger partial charge in [0.15, 0.2) is 5.82 Å². The van der Waals surface area contributed by atoms with Crippen molar-refractivity contribution in [3.05, 3.63) is 65.1 Å². The average molecular weight is 588 g/mol. The molecule has 2 aromatic heterocycles. The Hall–Kier alpha value is -3.51. The van der Waals surface area contributed by atoms with Crippen molar-refractivity contribution in [1.29, 1.82) is 0 Å². The smallest absolute Gasteiger partial charge is 0.407 e. The Labute approximate surface area is 239 Å². The maximum Gasteiger partial charge on any atom is 0.407 e. The van der Waals surface area contributed by atoms with Crippen molar-refractivity contribution in [3.63, 3.8) is 0 Å². The van der Waals surface area contributed by atoms with E-state index in [0.717, 1.165) is 31.2 Å². The molecule has 214 valence electrons. The molecule has 0 bridgehead atoms. The van der Waals surface area contributed by atoms with Crippen molar-refractivity contribution in [2.75, 3.05) is 10.0 Å². The predicted molar refractivity (Wildman–Crippen MR) is 153 cm³/mol. The number of ether oxygens (including phenoxy) is 1. The lowest BCUT2D eigenvalue weighted by Crippen LogP contribution is -2.42. The van der Waals surface area contributed by atoms with E-state index in [2.05, 4.69) is 35.5 Å². The van der Waals surface area contributed by atoms with Gasteiger partial charge in [0.05, 0.1) is 10.7 Å². The number of carbonyl (C=O) groups is 1. The molecule has 1 saturated carbocycles. The highest BCUT2D eigenvalue weighted by molar-refractivity contribution is 7.92. The van der Waals surface area contributed by atoms with Crippen LogP contribution in [0.4, 0.5) is 16.6 Å². The van der Waals surface area contributed by atoms with E-state index < -0.39 is 15.6 Å². The Balaban J connectivity index is 1.21. The zero-order chi connectivity index (χ0) is 28.8. The monoisotopic (exact) mass is 587 g/mol. The van der Waals surface area contributed by atoms with Gasteiger partial charge in [0.25, 0.3) is 10.0 Å². The fourth-order valence-corrected chi connectivity index (χ4v) is 5.79. The summed E-state index contributed by atoms with van der Waals surface area (Å²) in [7, 11) is -3.87. The van der Waals surface area contributed by atoms with Crippen LogP contribution in [0, 0.1) is 0 Å². The Morgan fingerprint density at radius 3 is 2.27 bits per heavy atom. The van der Waals surface area contributed by atoms with Gasteiger partial charge in [-0.2, -0.15) is 5.10 Å². The maximum atomic E-state index is 12.6. The van der Waals surface area contributed by atoms with Crippen LogP contribution in [-0.4, -0.2) is 52.4 Å². The van der Waals surface area contributed by atoms with Crippen LogP contribution < -0.4 is 15.4 Å². The minimum Gasteiger partial charge on any atom is -0.444 e. The molecule has 3 N–H and O–H groups in total. The number of sulfonamides is 1. The van der Waals surface area contributed by atoms with Gasteiger partial charge in [0.1, 0.15) is 10.5 Å². The molecular formula is C27H34ClN7O4S. The summed E-state index contributed by atoms with van der Waals surface area (Å²) in [5, 5.41) is 14.6. The summed E-state index contributed by atoms with van der Waals surface area (Å²) >= 11 is 6.01. The highest BCUT2D eigenvalue weighted by Gasteiger charge is 2.25. The van der Waals surface area contributed by atoms with Crippen molar-refractivity contribution in [1.82, 2.24) is 25.5 Å². The standard InChI is InChI=1S/C27H34ClN7O4S/c1-27(2,3)39-26(36)32-20-12-10-19(11-13-20)31-25-29-16-18(17-30-25)8-9-21-14-15-24(34-33-21)35-40(37,38)23-7-5-4-6-22(23)28/h4-7,14-17,19-20H,8-13H2,1-3H3,(H,32,36)(H,34,35)(H,29,30,31)/t19-,20-. The van der Waals surface area contributed by atoms with Gasteiger partial charge in [-0.25, -0.2) is 23.2 Å². The topological polar surface area (TPSA) is 148 Å². The second-order valence-corrected chi connectivity index (χ2v) is 12.8. The van der Waals surface area contributed by atoms with Gasteiger partial charge in [-0.15, -0.1) is 5.10 Å². The van der Waals surface area contributed by atoms with Gasteiger partial charge in [-0.05, 0) is 89.1 Å². The minimum absolute atomic E-state index is 0.0247. The van der Waals surface area contributed by atoms with Crippen LogP contribution in [-0.2, 0) is 27.6 Å². The number of aryl methyl sites for hydroxylation is 2. The van der Waals surface area contributed by atoms with E-state index in [0.29, 0.717) is 24.5 Å². The van der Waals surface area contributed by atoms with Crippen molar-refractivity contribution >= 4 is 39.5 Å². The molecule has 0 aliphatic heterocycles. The molecule has 4 rings (SSSR count). The lowest BCUT2D eigenvalue weighted by Gasteiger charge is -2.30. The third-order valence-electron chi connectivity index (χ3n) is 6.24. The van der Waals surface area contributed by atoms with Gasteiger partial charge in [0, 0.05) is 24.5 Å². The first kappa shape index (κ1) is 29.5. The second-order valence-electron chi connectivity index (χ2n) is 10.7. The summed E-state index contributed by atoms with van der Waals surface area (Å²) in [6.07, 6.45) is 7.95. The summed E-state index contributed by atoms with van der Waals surface area (Å²) in [4.78, 5) is 20.9. The number of alkyl carbamates (subject to hydrolysis) is 1. The Kier molecular flexibility index (Phi) is 9.41. The number of anilines is 2. The molecule has 1 amide bonds. The zero-order valence-electron chi connectivity index (χ0n) is 22.7. The van der Waals surface area contributed by atoms with Crippen LogP contribution in [0.1, 0.15) is 57.7 Å². The number of aromatic nitrogens is 4. The lowest BCUT2D eigenvalue weighted by molar-refractivity contribution is 0.0492. The minimum atomic E-state index is -3.87. The van der Waals surface area contributed by atoms with Crippen LogP contribution in [0.15, 0.2) is 53.7 Å². The molecule has 0 atom stereocenters. The summed E-state index contributed by atoms with van der Waals surface area (Å²) in [6, 6.07) is 9.83. The van der Waals surface area contributed by atoms with Gasteiger partial charge < -0.3 is 15.4 Å². The number of hydrogen-bond acceptors (Lipinski definition) is 9. The van der Waals surface area contributed by atoms with Crippen molar-refractivity contribution < 1.29 is 17.9 Å². The number of halogens is 1. The average Bonchev–Trinajstić information content (AvgIpc) is 2.89. The number of rotatable bonds is 9. The number of hydrogen-bond donors (Lipinski definition) is 3. The molecule has 0 radical (unpaired) electrons. The summed E-state index contributed by atoms with van der Waals surface area (Å²) < 4.78 is 32.9. The maximum absolute atomic E-state index is 12.6. The predicted octanol–water partition coefficient (Wildman–Crippen LogP) is 4.75. The van der Waals surface area contributed by atoms with Crippen molar-refractivity contribution in [3.8, 4) is 0 Å². The molecule has 11 nitrogen and oxygen atoms in total. The van der Waals surface area contributed by atoms with Crippen molar-refractivity contribution in [2.24, 2.45) is 0 Å². The van der Waals surface area contributed by atoms with Gasteiger partial charge in [0.2, 0.25) is 5.95 Å². The van der Waals surface area contributed by atoms with Crippen LogP contribution in [0.5, 0.6) is 0 Å². The fourth-order valence-electron chi connectivity index (χ4n) is 4.27. The van der Waals surface area contributed by atoms with Gasteiger partial charge in [-0.3, -0.25) is 4.72 Å². The molecule has 0 spiro atoms. The van der Waals surface area contributed by atoms with Gasteiger partial charge in [-0.1, -0.05) is 23.7 Å². The highest BCUT2D eigenvalue weighted by atomic mass is 35.5. The number of benzene rings is 1. The number of carbonyl (C=O) groups excluding carboxylic acids is 1. The van der Waals surface area contributed by atoms with Gasteiger partial charge >= 0.3 is 6.09 Å². The quantitative estimate of drug-likeness (QED) is 0.322. The van der Waals surface area contributed by atoms with E-state index in [4.69, 9.17) is 16.3 Å². The van der Waals surface area contributed by atoms with E-state index in [1.165, 1.54) is 12.1 Å². The molecule has 1 aliphatic rings. The molecule has 2 heterocycles. The second kappa shape index (κ2) is 12.8. The largest absolute Gasteiger partial charge is 0.444 e. The molecule has 1 aromatic carbocycles. The van der Waals surface area contributed by atoms with E-state index in [9.17, 15) is 13.2 Å². The molecule has 1 fully saturated rings. The summed E-state index contributed by atoms with van der Waals surface area (Å²) in [6.45, 7) is 5.55. The molecule has 3 aromatic rings. The Morgan fingerprint density at radius 2 is 1.65 bits per heavy atom. The molecule has 0 unspecified atom stereocenters. The van der Waals surface area contributed by atoms with E-state index in [1.807, 2.05) is 20.8 Å². The lowest BCUT2D eigenvalue weighted by atomic mass is 9.91. The Bertz CT molecular complexity index is 1390. The third kappa shape index (κ3) is 8.75. The third-order valence-corrected chi connectivity index (χ3v) is 8.10. The first-order valence-electron chi connectivity index (χ1n) is 13.1. The fraction of sp³-hybridized carbons (Fsp3) is 0.444. The number of nitrogens with one attached hydrogen (secondary N) is 3. The van der Waals surface area contributed by atoms with Crippen LogP contribution in [0.2, 0.25) is 5.02 Å². The molecule has 13 heteroatoms. The SMILES string of the molecule is CC(C)(C)OC(=O)N[C@H]1CC[C@H](Nc2ncc(CCc3ccc(NS(=O)(=O)c4ccccc4Cl)nn3)cn2)CC1. The first-order valence-corrected chi connectivity index (χ1v) is 15.0. The molecular weight excluding hydrogens is 554 g/mol. The number of amides is 1. The first-order chi connectivity index (χ1) is 19.0. The molecule has 40 heavy (non-hydrogen) atoms. The van der Waals surface area contributed by atoms with E-state index >= 15 is 0 Å². The normalized spacial score (nSPS) is 17.6. The van der Waals surface area contributed by atoms with Crippen LogP contribution in [0.25, 0.3) is 0 Å². The van der Waals surface area contributed by atoms with E-state index in [1.54, 1.807) is 36.7 Å².